The highest BCUT2D eigenvalue weighted by Gasteiger charge is 2.26. The number of hydrogen-bond donors (Lipinski definition) is 2. The molecule has 2 nitrogen and oxygen atoms in total. The van der Waals surface area contributed by atoms with E-state index in [1.807, 2.05) is 6.07 Å². The average Bonchev–Trinajstić information content (AvgIpc) is 2.86. The molecule has 2 heterocycles. The van der Waals surface area contributed by atoms with E-state index in [-0.39, 0.29) is 17.7 Å². The fraction of sp³-hybridized carbons (Fsp3) is 0.176. The van der Waals surface area contributed by atoms with E-state index in [0.717, 1.165) is 35.1 Å². The largest absolute Gasteiger partial charge is 0.357 e. The Balaban J connectivity index is 1.92. The van der Waals surface area contributed by atoms with Gasteiger partial charge in [-0.25, -0.2) is 8.78 Å². The van der Waals surface area contributed by atoms with Gasteiger partial charge < -0.3 is 10.3 Å². The molecule has 2 N–H and O–H groups in total. The molecule has 0 bridgehead atoms. The maximum absolute atomic E-state index is 14.1. The van der Waals surface area contributed by atoms with Gasteiger partial charge >= 0.3 is 0 Å². The molecule has 4 rings (SSSR count). The lowest BCUT2D eigenvalue weighted by atomic mass is 9.94. The van der Waals surface area contributed by atoms with Gasteiger partial charge in [-0.15, -0.1) is 0 Å². The molecule has 2 aromatic carbocycles. The zero-order valence-electron chi connectivity index (χ0n) is 11.3. The van der Waals surface area contributed by atoms with Gasteiger partial charge in [0.05, 0.1) is 6.04 Å². The van der Waals surface area contributed by atoms with E-state index >= 15 is 0 Å². The normalized spacial score (nSPS) is 17.9. The van der Waals surface area contributed by atoms with Crippen molar-refractivity contribution in [1.82, 2.24) is 10.3 Å². The highest BCUT2D eigenvalue weighted by Crippen LogP contribution is 2.34. The van der Waals surface area contributed by atoms with Crippen molar-refractivity contribution in [3.63, 3.8) is 0 Å². The highest BCUT2D eigenvalue weighted by molar-refractivity contribution is 5.85. The molecule has 1 aromatic heterocycles. The molecule has 21 heavy (non-hydrogen) atoms. The summed E-state index contributed by atoms with van der Waals surface area (Å²) < 4.78 is 27.6. The van der Waals surface area contributed by atoms with Crippen molar-refractivity contribution < 1.29 is 8.78 Å². The summed E-state index contributed by atoms with van der Waals surface area (Å²) in [4.78, 5) is 3.32. The number of aromatic amines is 1. The predicted octanol–water partition coefficient (Wildman–Crippen LogP) is 3.68. The summed E-state index contributed by atoms with van der Waals surface area (Å²) in [6, 6.07) is 11.3. The third-order valence-corrected chi connectivity index (χ3v) is 4.13. The van der Waals surface area contributed by atoms with Crippen LogP contribution in [0.15, 0.2) is 42.5 Å². The van der Waals surface area contributed by atoms with Crippen LogP contribution in [0.2, 0.25) is 0 Å². The molecule has 1 unspecified atom stereocenters. The lowest BCUT2D eigenvalue weighted by Gasteiger charge is -2.25. The minimum atomic E-state index is -0.245. The van der Waals surface area contributed by atoms with Gasteiger partial charge in [0.25, 0.3) is 0 Å². The van der Waals surface area contributed by atoms with E-state index in [1.54, 1.807) is 24.3 Å². The molecular formula is C17H14F2N2. The highest BCUT2D eigenvalue weighted by atomic mass is 19.1. The van der Waals surface area contributed by atoms with E-state index < -0.39 is 0 Å². The summed E-state index contributed by atoms with van der Waals surface area (Å²) in [5.74, 6) is -0.474. The quantitative estimate of drug-likeness (QED) is 0.701. The first-order chi connectivity index (χ1) is 10.2. The second kappa shape index (κ2) is 4.67. The fourth-order valence-electron chi connectivity index (χ4n) is 3.17. The van der Waals surface area contributed by atoms with Crippen LogP contribution < -0.4 is 5.32 Å². The van der Waals surface area contributed by atoms with Crippen molar-refractivity contribution in [1.29, 1.82) is 0 Å². The van der Waals surface area contributed by atoms with Crippen LogP contribution in [-0.2, 0) is 6.42 Å². The number of H-pyrrole nitrogens is 1. The molecule has 0 spiro atoms. The first-order valence-corrected chi connectivity index (χ1v) is 7.02. The summed E-state index contributed by atoms with van der Waals surface area (Å²) in [5, 5.41) is 4.24. The molecule has 0 radical (unpaired) electrons. The van der Waals surface area contributed by atoms with Gasteiger partial charge in [0.1, 0.15) is 11.6 Å². The van der Waals surface area contributed by atoms with Crippen LogP contribution in [-0.4, -0.2) is 11.5 Å². The van der Waals surface area contributed by atoms with Crippen molar-refractivity contribution in [2.45, 2.75) is 12.5 Å². The van der Waals surface area contributed by atoms with Crippen molar-refractivity contribution >= 4 is 10.9 Å². The van der Waals surface area contributed by atoms with Gasteiger partial charge in [-0.2, -0.15) is 0 Å². The number of halogens is 2. The number of rotatable bonds is 1. The van der Waals surface area contributed by atoms with Gasteiger partial charge in [-0.05, 0) is 36.2 Å². The minimum Gasteiger partial charge on any atom is -0.357 e. The van der Waals surface area contributed by atoms with Crippen LogP contribution in [0.25, 0.3) is 10.9 Å². The second-order valence-corrected chi connectivity index (χ2v) is 5.37. The molecule has 106 valence electrons. The van der Waals surface area contributed by atoms with Gasteiger partial charge in [0, 0.05) is 28.7 Å². The Kier molecular flexibility index (Phi) is 2.79. The number of benzene rings is 2. The molecule has 0 amide bonds. The summed E-state index contributed by atoms with van der Waals surface area (Å²) in [5.41, 5.74) is 3.53. The molecule has 3 aromatic rings. The van der Waals surface area contributed by atoms with E-state index in [0.29, 0.717) is 5.56 Å². The second-order valence-electron chi connectivity index (χ2n) is 5.37. The fourth-order valence-corrected chi connectivity index (χ4v) is 3.17. The number of aromatic nitrogens is 1. The molecular weight excluding hydrogens is 270 g/mol. The van der Waals surface area contributed by atoms with E-state index in [9.17, 15) is 8.78 Å². The van der Waals surface area contributed by atoms with Gasteiger partial charge in [0.15, 0.2) is 0 Å². The average molecular weight is 284 g/mol. The monoisotopic (exact) mass is 284 g/mol. The molecule has 1 atom stereocenters. The Bertz CT molecular complexity index is 823. The van der Waals surface area contributed by atoms with Crippen LogP contribution in [0.3, 0.4) is 0 Å². The van der Waals surface area contributed by atoms with Crippen LogP contribution in [0.5, 0.6) is 0 Å². The molecule has 0 saturated heterocycles. The lowest BCUT2D eigenvalue weighted by molar-refractivity contribution is 0.523. The van der Waals surface area contributed by atoms with Crippen LogP contribution in [0, 0.1) is 11.6 Å². The standard InChI is InChI=1S/C17H14F2N2/c18-10-5-6-15-13(9-10)11-7-8-20-16(17(11)21-15)12-3-1-2-4-14(12)19/h1-6,9,16,20-21H,7-8H2. The van der Waals surface area contributed by atoms with E-state index in [2.05, 4.69) is 10.3 Å². The van der Waals surface area contributed by atoms with E-state index in [4.69, 9.17) is 0 Å². The lowest BCUT2D eigenvalue weighted by Crippen LogP contribution is -2.31. The Morgan fingerprint density at radius 3 is 2.76 bits per heavy atom. The van der Waals surface area contributed by atoms with Gasteiger partial charge in [-0.1, -0.05) is 18.2 Å². The maximum Gasteiger partial charge on any atom is 0.128 e. The van der Waals surface area contributed by atoms with Crippen molar-refractivity contribution in [3.8, 4) is 0 Å². The van der Waals surface area contributed by atoms with Crippen LogP contribution in [0.1, 0.15) is 22.9 Å². The van der Waals surface area contributed by atoms with Crippen molar-refractivity contribution in [2.75, 3.05) is 6.54 Å². The zero-order chi connectivity index (χ0) is 14.4. The van der Waals surface area contributed by atoms with Crippen LogP contribution >= 0.6 is 0 Å². The zero-order valence-corrected chi connectivity index (χ0v) is 11.3. The van der Waals surface area contributed by atoms with Gasteiger partial charge in [0.2, 0.25) is 0 Å². The SMILES string of the molecule is Fc1ccc2[nH]c3c(c2c1)CCNC3c1ccccc1F. The smallest absolute Gasteiger partial charge is 0.128 e. The minimum absolute atomic E-state index is 0.217. The maximum atomic E-state index is 14.1. The molecule has 0 aliphatic carbocycles. The first kappa shape index (κ1) is 12.5. The predicted molar refractivity (Wildman–Crippen MR) is 78.2 cm³/mol. The van der Waals surface area contributed by atoms with Crippen LogP contribution in [0.4, 0.5) is 8.78 Å². The van der Waals surface area contributed by atoms with Crippen molar-refractivity contribution in [3.05, 3.63) is 70.9 Å². The molecule has 1 aliphatic rings. The Labute approximate surface area is 120 Å². The number of nitrogens with one attached hydrogen (secondary N) is 2. The molecule has 1 aliphatic heterocycles. The molecule has 0 fully saturated rings. The first-order valence-electron chi connectivity index (χ1n) is 7.02. The van der Waals surface area contributed by atoms with Gasteiger partial charge in [-0.3, -0.25) is 0 Å². The molecule has 4 heteroatoms. The number of fused-ring (bicyclic) bond motifs is 3. The summed E-state index contributed by atoms with van der Waals surface area (Å²) >= 11 is 0. The van der Waals surface area contributed by atoms with Crippen molar-refractivity contribution in [2.24, 2.45) is 0 Å². The summed E-state index contributed by atoms with van der Waals surface area (Å²) in [7, 11) is 0. The Morgan fingerprint density at radius 1 is 1.05 bits per heavy atom. The third kappa shape index (κ3) is 1.94. The number of hydrogen-bond acceptors (Lipinski definition) is 1. The van der Waals surface area contributed by atoms with E-state index in [1.165, 1.54) is 12.1 Å². The summed E-state index contributed by atoms with van der Waals surface area (Å²) in [6.45, 7) is 0.746. The molecule has 0 saturated carbocycles. The Hall–Kier alpha value is -2.20. The third-order valence-electron chi connectivity index (χ3n) is 4.13. The Morgan fingerprint density at radius 2 is 1.90 bits per heavy atom. The topological polar surface area (TPSA) is 27.8 Å². The summed E-state index contributed by atoms with van der Waals surface area (Å²) in [6.07, 6.45) is 0.809.